The average molecular weight is 302 g/mol. The predicted octanol–water partition coefficient (Wildman–Crippen LogP) is 2.01. The van der Waals surface area contributed by atoms with E-state index in [0.29, 0.717) is 12.6 Å². The average Bonchev–Trinajstić information content (AvgIpc) is 2.47. The van der Waals surface area contributed by atoms with Crippen LogP contribution >= 0.6 is 0 Å². The fourth-order valence-corrected chi connectivity index (χ4v) is 2.76. The highest BCUT2D eigenvalue weighted by atomic mass is 19.2. The standard InChI is InChI=1S/C14H17F3N2O2/c1-7-3-2-4-19(10(7)6-18)14(21)8-5-9(15)12(17)13(20)11(8)16/h5,7,10,20H,2-4,6,18H2,1H3. The Labute approximate surface area is 120 Å². The Morgan fingerprint density at radius 1 is 1.43 bits per heavy atom. The monoisotopic (exact) mass is 302 g/mol. The number of nitrogens with zero attached hydrogens (tertiary/aromatic N) is 1. The number of rotatable bonds is 2. The largest absolute Gasteiger partial charge is 0.503 e. The Bertz CT molecular complexity index is 566. The SMILES string of the molecule is CC1CCCN(C(=O)c2cc(F)c(F)c(O)c2F)C1CN. The number of amides is 1. The van der Waals surface area contributed by atoms with Crippen molar-refractivity contribution in [3.63, 3.8) is 0 Å². The van der Waals surface area contributed by atoms with E-state index in [0.717, 1.165) is 12.8 Å². The van der Waals surface area contributed by atoms with E-state index in [1.807, 2.05) is 6.92 Å². The minimum Gasteiger partial charge on any atom is -0.503 e. The molecule has 1 aliphatic heterocycles. The summed E-state index contributed by atoms with van der Waals surface area (Å²) in [5.74, 6) is -6.75. The lowest BCUT2D eigenvalue weighted by Crippen LogP contribution is -2.51. The molecule has 116 valence electrons. The van der Waals surface area contributed by atoms with Crippen molar-refractivity contribution < 1.29 is 23.1 Å². The summed E-state index contributed by atoms with van der Waals surface area (Å²) in [4.78, 5) is 13.7. The van der Waals surface area contributed by atoms with Gasteiger partial charge in [0.15, 0.2) is 17.4 Å². The highest BCUT2D eigenvalue weighted by Gasteiger charge is 2.34. The van der Waals surface area contributed by atoms with Crippen LogP contribution in [0.4, 0.5) is 13.2 Å². The van der Waals surface area contributed by atoms with Gasteiger partial charge in [0.05, 0.1) is 5.56 Å². The summed E-state index contributed by atoms with van der Waals surface area (Å²) in [5, 5.41) is 9.20. The molecule has 1 heterocycles. The lowest BCUT2D eigenvalue weighted by atomic mass is 9.90. The second-order valence-corrected chi connectivity index (χ2v) is 5.30. The number of carbonyl (C=O) groups excluding carboxylic acids is 1. The van der Waals surface area contributed by atoms with E-state index in [1.54, 1.807) is 0 Å². The zero-order valence-electron chi connectivity index (χ0n) is 11.6. The van der Waals surface area contributed by atoms with E-state index in [4.69, 9.17) is 5.73 Å². The van der Waals surface area contributed by atoms with E-state index in [1.165, 1.54) is 4.90 Å². The molecule has 1 aromatic rings. The highest BCUT2D eigenvalue weighted by molar-refractivity contribution is 5.95. The molecule has 2 unspecified atom stereocenters. The molecule has 1 aliphatic rings. The first kappa shape index (κ1) is 15.6. The van der Waals surface area contributed by atoms with E-state index in [2.05, 4.69) is 0 Å². The van der Waals surface area contributed by atoms with Gasteiger partial charge in [0.1, 0.15) is 0 Å². The molecule has 0 saturated carbocycles. The third-order valence-electron chi connectivity index (χ3n) is 3.98. The molecule has 2 rings (SSSR count). The Morgan fingerprint density at radius 2 is 2.10 bits per heavy atom. The van der Waals surface area contributed by atoms with Crippen molar-refractivity contribution in [2.24, 2.45) is 11.7 Å². The third kappa shape index (κ3) is 2.70. The molecule has 0 aromatic heterocycles. The maximum absolute atomic E-state index is 13.8. The Hall–Kier alpha value is -1.76. The number of halogens is 3. The first-order chi connectivity index (χ1) is 9.88. The number of piperidine rings is 1. The Morgan fingerprint density at radius 3 is 2.71 bits per heavy atom. The van der Waals surface area contributed by atoms with Crippen molar-refractivity contribution in [2.75, 3.05) is 13.1 Å². The summed E-state index contributed by atoms with van der Waals surface area (Å²) >= 11 is 0. The van der Waals surface area contributed by atoms with Gasteiger partial charge in [0.25, 0.3) is 5.91 Å². The van der Waals surface area contributed by atoms with Crippen LogP contribution in [-0.2, 0) is 0 Å². The second-order valence-electron chi connectivity index (χ2n) is 5.30. The summed E-state index contributed by atoms with van der Waals surface area (Å²) in [6.45, 7) is 2.49. The number of benzene rings is 1. The molecule has 0 aliphatic carbocycles. The lowest BCUT2D eigenvalue weighted by molar-refractivity contribution is 0.0526. The number of aromatic hydroxyl groups is 1. The minimum atomic E-state index is -1.70. The molecule has 0 bridgehead atoms. The zero-order chi connectivity index (χ0) is 15.7. The van der Waals surface area contributed by atoms with Gasteiger partial charge in [-0.2, -0.15) is 4.39 Å². The molecule has 1 saturated heterocycles. The van der Waals surface area contributed by atoms with Crippen LogP contribution in [0.3, 0.4) is 0 Å². The van der Waals surface area contributed by atoms with Crippen LogP contribution in [0.15, 0.2) is 6.07 Å². The number of hydrogen-bond donors (Lipinski definition) is 2. The van der Waals surface area contributed by atoms with Gasteiger partial charge >= 0.3 is 0 Å². The second kappa shape index (κ2) is 5.93. The number of phenols is 1. The summed E-state index contributed by atoms with van der Waals surface area (Å²) in [6.07, 6.45) is 1.61. The van der Waals surface area contributed by atoms with Gasteiger partial charge in [-0.1, -0.05) is 6.92 Å². The van der Waals surface area contributed by atoms with Crippen LogP contribution < -0.4 is 5.73 Å². The van der Waals surface area contributed by atoms with Gasteiger partial charge in [-0.05, 0) is 24.8 Å². The summed E-state index contributed by atoms with van der Waals surface area (Å²) in [6, 6.07) is 0.181. The molecule has 2 atom stereocenters. The molecule has 1 fully saturated rings. The van der Waals surface area contributed by atoms with Crippen LogP contribution in [0, 0.1) is 23.4 Å². The Balaban J connectivity index is 2.40. The molecule has 21 heavy (non-hydrogen) atoms. The van der Waals surface area contributed by atoms with Gasteiger partial charge < -0.3 is 15.7 Å². The van der Waals surface area contributed by atoms with Gasteiger partial charge in [-0.25, -0.2) is 8.78 Å². The van der Waals surface area contributed by atoms with E-state index >= 15 is 0 Å². The van der Waals surface area contributed by atoms with Crippen molar-refractivity contribution in [1.29, 1.82) is 0 Å². The zero-order valence-corrected chi connectivity index (χ0v) is 11.6. The smallest absolute Gasteiger partial charge is 0.257 e. The first-order valence-electron chi connectivity index (χ1n) is 6.76. The molecule has 1 aromatic carbocycles. The summed E-state index contributed by atoms with van der Waals surface area (Å²) in [5.41, 5.74) is 4.97. The van der Waals surface area contributed by atoms with Crippen LogP contribution in [0.1, 0.15) is 30.1 Å². The van der Waals surface area contributed by atoms with Crippen molar-refractivity contribution in [3.05, 3.63) is 29.1 Å². The molecule has 1 amide bonds. The summed E-state index contributed by atoms with van der Waals surface area (Å²) < 4.78 is 40.2. The van der Waals surface area contributed by atoms with Crippen LogP contribution in [0.5, 0.6) is 5.75 Å². The normalized spacial score (nSPS) is 22.4. The molecule has 7 heteroatoms. The number of hydrogen-bond acceptors (Lipinski definition) is 3. The van der Waals surface area contributed by atoms with E-state index in [9.17, 15) is 23.1 Å². The van der Waals surface area contributed by atoms with Crippen LogP contribution in [-0.4, -0.2) is 35.0 Å². The van der Waals surface area contributed by atoms with Crippen molar-refractivity contribution in [2.45, 2.75) is 25.8 Å². The first-order valence-corrected chi connectivity index (χ1v) is 6.76. The summed E-state index contributed by atoms with van der Waals surface area (Å²) in [7, 11) is 0. The van der Waals surface area contributed by atoms with Crippen molar-refractivity contribution >= 4 is 5.91 Å². The van der Waals surface area contributed by atoms with Gasteiger partial charge in [0.2, 0.25) is 5.82 Å². The molecule has 4 nitrogen and oxygen atoms in total. The van der Waals surface area contributed by atoms with Crippen LogP contribution in [0.25, 0.3) is 0 Å². The van der Waals surface area contributed by atoms with Gasteiger partial charge in [-0.15, -0.1) is 0 Å². The third-order valence-corrected chi connectivity index (χ3v) is 3.98. The fraction of sp³-hybridized carbons (Fsp3) is 0.500. The van der Waals surface area contributed by atoms with Crippen molar-refractivity contribution in [3.8, 4) is 5.75 Å². The molecule has 0 radical (unpaired) electrons. The van der Waals surface area contributed by atoms with Crippen molar-refractivity contribution in [1.82, 2.24) is 4.90 Å². The van der Waals surface area contributed by atoms with E-state index < -0.39 is 34.7 Å². The number of likely N-dealkylation sites (tertiary alicyclic amines) is 1. The maximum atomic E-state index is 13.8. The molecule has 0 spiro atoms. The Kier molecular flexibility index (Phi) is 4.41. The van der Waals surface area contributed by atoms with Gasteiger partial charge in [0, 0.05) is 19.1 Å². The lowest BCUT2D eigenvalue weighted by Gasteiger charge is -2.39. The molecule has 3 N–H and O–H groups in total. The van der Waals surface area contributed by atoms with E-state index in [-0.39, 0.29) is 18.5 Å². The fourth-order valence-electron chi connectivity index (χ4n) is 2.76. The van der Waals surface area contributed by atoms with Gasteiger partial charge in [-0.3, -0.25) is 4.79 Å². The maximum Gasteiger partial charge on any atom is 0.257 e. The minimum absolute atomic E-state index is 0.134. The molecular weight excluding hydrogens is 285 g/mol. The number of phenolic OH excluding ortho intramolecular Hbond substituents is 1. The molecular formula is C14H17F3N2O2. The number of nitrogens with two attached hydrogens (primary N) is 1. The van der Waals surface area contributed by atoms with Crippen LogP contribution in [0.2, 0.25) is 0 Å². The highest BCUT2D eigenvalue weighted by Crippen LogP contribution is 2.29. The topological polar surface area (TPSA) is 66.6 Å². The quantitative estimate of drug-likeness (QED) is 0.821. The number of carbonyl (C=O) groups is 1. The predicted molar refractivity (Wildman–Crippen MR) is 70.3 cm³/mol.